The van der Waals surface area contributed by atoms with Crippen molar-refractivity contribution in [2.45, 2.75) is 22.6 Å². The van der Waals surface area contributed by atoms with Crippen molar-refractivity contribution in [2.24, 2.45) is 35.5 Å². The van der Waals surface area contributed by atoms with E-state index in [4.69, 9.17) is 46.4 Å². The lowest BCUT2D eigenvalue weighted by Crippen LogP contribution is -2.23. The highest BCUT2D eigenvalue weighted by atomic mass is 35.5. The minimum atomic E-state index is -0.444. The second-order valence-corrected chi connectivity index (χ2v) is 8.15. The quantitative estimate of drug-likeness (QED) is 0.581. The molecule has 0 radical (unpaired) electrons. The maximum Gasteiger partial charge on any atom is 0.125 e. The van der Waals surface area contributed by atoms with Crippen LogP contribution >= 0.6 is 46.4 Å². The van der Waals surface area contributed by atoms with Gasteiger partial charge in [-0.2, -0.15) is 0 Å². The van der Waals surface area contributed by atoms with Gasteiger partial charge in [0.25, 0.3) is 0 Å². The van der Waals surface area contributed by atoms with E-state index in [1.165, 1.54) is 6.42 Å². The minimum absolute atomic E-state index is 0.0328. The van der Waals surface area contributed by atoms with Gasteiger partial charge in [-0.1, -0.05) is 17.7 Å². The van der Waals surface area contributed by atoms with Crippen molar-refractivity contribution in [3.8, 4) is 0 Å². The number of allylic oxidation sites excluding steroid dienone is 2. The van der Waals surface area contributed by atoms with Crippen molar-refractivity contribution >= 4 is 46.4 Å². The van der Waals surface area contributed by atoms with Crippen LogP contribution in [0.15, 0.2) is 11.1 Å². The molecule has 88 valence electrons. The van der Waals surface area contributed by atoms with Crippen LogP contribution < -0.4 is 0 Å². The Morgan fingerprint density at radius 1 is 1.19 bits per heavy atom. The standard InChI is InChI=1S/C12H12Cl4/c13-8-2-4-1-6(11(8)14)5-3-7-10(9(4)5)12(7,15)16/h2,4-7,9-11H,1,3H2/t4-,5+,6-,7-,9+,10-,11+/m1/s1. The van der Waals surface area contributed by atoms with Gasteiger partial charge in [0.15, 0.2) is 0 Å². The Kier molecular flexibility index (Phi) is 2.07. The van der Waals surface area contributed by atoms with Crippen molar-refractivity contribution < 1.29 is 0 Å². The molecule has 7 atom stereocenters. The van der Waals surface area contributed by atoms with Gasteiger partial charge in [0.05, 0.1) is 5.38 Å². The van der Waals surface area contributed by atoms with Crippen molar-refractivity contribution in [2.75, 3.05) is 0 Å². The lowest BCUT2D eigenvalue weighted by molar-refractivity contribution is 0.309. The predicted molar refractivity (Wildman–Crippen MR) is 68.2 cm³/mol. The molecule has 0 amide bonds. The number of rotatable bonds is 0. The maximum atomic E-state index is 6.39. The first-order valence-electron chi connectivity index (χ1n) is 5.91. The lowest BCUT2D eigenvalue weighted by Gasteiger charge is -2.25. The molecule has 4 heteroatoms. The molecule has 0 N–H and O–H groups in total. The fourth-order valence-corrected chi connectivity index (χ4v) is 6.27. The molecule has 3 saturated carbocycles. The number of hydrogen-bond acceptors (Lipinski definition) is 0. The van der Waals surface area contributed by atoms with Gasteiger partial charge in [-0.3, -0.25) is 0 Å². The Labute approximate surface area is 115 Å². The molecule has 0 unspecified atom stereocenters. The smallest absolute Gasteiger partial charge is 0.117 e. The van der Waals surface area contributed by atoms with E-state index in [0.29, 0.717) is 35.5 Å². The van der Waals surface area contributed by atoms with Crippen molar-refractivity contribution in [3.63, 3.8) is 0 Å². The van der Waals surface area contributed by atoms with E-state index in [1.54, 1.807) is 0 Å². The molecule has 16 heavy (non-hydrogen) atoms. The molecule has 0 aromatic carbocycles. The van der Waals surface area contributed by atoms with E-state index in [2.05, 4.69) is 6.08 Å². The van der Waals surface area contributed by atoms with Gasteiger partial charge in [0.2, 0.25) is 0 Å². The monoisotopic (exact) mass is 296 g/mol. The molecule has 0 heterocycles. The van der Waals surface area contributed by atoms with E-state index < -0.39 is 4.33 Å². The van der Waals surface area contributed by atoms with Gasteiger partial charge in [-0.15, -0.1) is 34.8 Å². The first-order valence-corrected chi connectivity index (χ1v) is 7.48. The molecule has 4 rings (SSSR count). The first-order chi connectivity index (χ1) is 7.51. The molecular formula is C12H12Cl4. The van der Waals surface area contributed by atoms with Gasteiger partial charge in [-0.25, -0.2) is 0 Å². The Morgan fingerprint density at radius 3 is 2.69 bits per heavy atom. The predicted octanol–water partition coefficient (Wildman–Crippen LogP) is 4.42. The Morgan fingerprint density at radius 2 is 1.94 bits per heavy atom. The van der Waals surface area contributed by atoms with Gasteiger partial charge >= 0.3 is 0 Å². The second kappa shape index (κ2) is 3.07. The van der Waals surface area contributed by atoms with Gasteiger partial charge in [-0.05, 0) is 42.4 Å². The van der Waals surface area contributed by atoms with E-state index in [1.807, 2.05) is 0 Å². The van der Waals surface area contributed by atoms with Crippen LogP contribution in [-0.4, -0.2) is 9.71 Å². The van der Waals surface area contributed by atoms with E-state index in [0.717, 1.165) is 11.5 Å². The third-order valence-corrected chi connectivity index (χ3v) is 7.40. The molecule has 0 aromatic heterocycles. The summed E-state index contributed by atoms with van der Waals surface area (Å²) in [6.45, 7) is 0. The Bertz CT molecular complexity index is 388. The average Bonchev–Trinajstić information content (AvgIpc) is 2.63. The van der Waals surface area contributed by atoms with E-state index in [-0.39, 0.29) is 5.38 Å². The number of fused-ring (bicyclic) bond motifs is 7. The summed E-state index contributed by atoms with van der Waals surface area (Å²) in [6.07, 6.45) is 4.52. The largest absolute Gasteiger partial charge is 0.125 e. The zero-order valence-electron chi connectivity index (χ0n) is 8.54. The van der Waals surface area contributed by atoms with Crippen LogP contribution in [-0.2, 0) is 0 Å². The minimum Gasteiger partial charge on any atom is -0.117 e. The first kappa shape index (κ1) is 10.8. The lowest BCUT2D eigenvalue weighted by atomic mass is 9.86. The molecular weight excluding hydrogens is 286 g/mol. The maximum absolute atomic E-state index is 6.39. The summed E-state index contributed by atoms with van der Waals surface area (Å²) in [4.78, 5) is 0. The van der Waals surface area contributed by atoms with Crippen LogP contribution in [0.25, 0.3) is 0 Å². The molecule has 3 fully saturated rings. The number of halogens is 4. The second-order valence-electron chi connectivity index (χ2n) is 5.80. The molecule has 0 spiro atoms. The molecule has 0 nitrogen and oxygen atoms in total. The van der Waals surface area contributed by atoms with Crippen molar-refractivity contribution in [3.05, 3.63) is 11.1 Å². The summed E-state index contributed by atoms with van der Waals surface area (Å²) in [5, 5.41) is 0.884. The van der Waals surface area contributed by atoms with Crippen LogP contribution in [0.1, 0.15) is 12.8 Å². The third-order valence-electron chi connectivity index (χ3n) is 5.30. The summed E-state index contributed by atoms with van der Waals surface area (Å²) < 4.78 is -0.444. The Balaban J connectivity index is 1.72. The highest BCUT2D eigenvalue weighted by Gasteiger charge is 2.75. The highest BCUT2D eigenvalue weighted by molar-refractivity contribution is 6.51. The van der Waals surface area contributed by atoms with Crippen LogP contribution in [0.4, 0.5) is 0 Å². The van der Waals surface area contributed by atoms with E-state index >= 15 is 0 Å². The summed E-state index contributed by atoms with van der Waals surface area (Å²) in [6, 6.07) is 0. The molecule has 4 aliphatic rings. The number of hydrogen-bond donors (Lipinski definition) is 0. The third kappa shape index (κ3) is 1.11. The fraction of sp³-hybridized carbons (Fsp3) is 0.833. The topological polar surface area (TPSA) is 0 Å². The van der Waals surface area contributed by atoms with Crippen LogP contribution in [0.5, 0.6) is 0 Å². The Hall–Kier alpha value is 0.900. The molecule has 0 saturated heterocycles. The SMILES string of the molecule is ClC1=C[C@H]2C[C@H]([C@@H]3C[C@@H]4[C@H]([C@H]32)C4(Cl)Cl)[C@@H]1Cl. The molecule has 4 aliphatic carbocycles. The molecule has 0 aliphatic heterocycles. The highest BCUT2D eigenvalue weighted by Crippen LogP contribution is 2.76. The van der Waals surface area contributed by atoms with Crippen LogP contribution in [0.3, 0.4) is 0 Å². The van der Waals surface area contributed by atoms with Gasteiger partial charge < -0.3 is 0 Å². The summed E-state index contributed by atoms with van der Waals surface area (Å²) in [5.41, 5.74) is 0. The van der Waals surface area contributed by atoms with Crippen molar-refractivity contribution in [1.82, 2.24) is 0 Å². The van der Waals surface area contributed by atoms with E-state index in [9.17, 15) is 0 Å². The zero-order valence-corrected chi connectivity index (χ0v) is 11.6. The molecule has 2 bridgehead atoms. The fourth-order valence-electron chi connectivity index (χ4n) is 4.67. The average molecular weight is 298 g/mol. The van der Waals surface area contributed by atoms with Crippen LogP contribution in [0, 0.1) is 35.5 Å². The summed E-state index contributed by atoms with van der Waals surface area (Å²) in [5.74, 6) is 3.50. The van der Waals surface area contributed by atoms with Crippen LogP contribution in [0.2, 0.25) is 0 Å². The normalized spacial score (nSPS) is 60.2. The summed E-state index contributed by atoms with van der Waals surface area (Å²) in [7, 11) is 0. The summed E-state index contributed by atoms with van der Waals surface area (Å²) >= 11 is 25.2. The van der Waals surface area contributed by atoms with Crippen molar-refractivity contribution in [1.29, 1.82) is 0 Å². The number of alkyl halides is 3. The molecule has 0 aromatic rings. The zero-order chi connectivity index (χ0) is 11.2. The van der Waals surface area contributed by atoms with Gasteiger partial charge in [0.1, 0.15) is 4.33 Å². The van der Waals surface area contributed by atoms with Gasteiger partial charge in [0, 0.05) is 11.0 Å².